The Balaban J connectivity index is 0.00000450. The summed E-state index contributed by atoms with van der Waals surface area (Å²) in [5, 5.41) is 6.67. The van der Waals surface area contributed by atoms with Crippen LogP contribution in [0.2, 0.25) is 0 Å². The lowest BCUT2D eigenvalue weighted by atomic mass is 9.85. The van der Waals surface area contributed by atoms with Crippen molar-refractivity contribution in [2.75, 3.05) is 40.3 Å². The van der Waals surface area contributed by atoms with Gasteiger partial charge in [0.25, 0.3) is 0 Å². The third kappa shape index (κ3) is 7.71. The third-order valence-electron chi connectivity index (χ3n) is 5.26. The third-order valence-corrected chi connectivity index (χ3v) is 5.26. The first-order valence-electron chi connectivity index (χ1n) is 10.4. The van der Waals surface area contributed by atoms with Gasteiger partial charge in [0.1, 0.15) is 12.4 Å². The molecule has 166 valence electrons. The fourth-order valence-electron chi connectivity index (χ4n) is 3.74. The molecule has 1 aromatic carbocycles. The molecule has 1 amide bonds. The zero-order valence-electron chi connectivity index (χ0n) is 18.4. The Kier molecular flexibility index (Phi) is 11.6. The number of nitrogens with one attached hydrogen (secondary N) is 2. The molecule has 30 heavy (non-hydrogen) atoms. The summed E-state index contributed by atoms with van der Waals surface area (Å²) in [6.07, 6.45) is 10.1. The van der Waals surface area contributed by atoms with Gasteiger partial charge >= 0.3 is 0 Å². The highest BCUT2D eigenvalue weighted by molar-refractivity contribution is 14.0. The molecule has 1 aliphatic rings. The number of terminal acetylenes is 1. The van der Waals surface area contributed by atoms with E-state index >= 15 is 0 Å². The Bertz CT molecular complexity index is 720. The zero-order chi connectivity index (χ0) is 21.1. The lowest BCUT2D eigenvalue weighted by Crippen LogP contribution is -2.43. The van der Waals surface area contributed by atoms with Gasteiger partial charge in [-0.15, -0.1) is 30.4 Å². The van der Waals surface area contributed by atoms with E-state index in [4.69, 9.17) is 16.2 Å². The van der Waals surface area contributed by atoms with Gasteiger partial charge in [0, 0.05) is 27.2 Å². The van der Waals surface area contributed by atoms with Gasteiger partial charge in [0.15, 0.2) is 5.96 Å². The van der Waals surface area contributed by atoms with Crippen molar-refractivity contribution >= 4 is 35.8 Å². The van der Waals surface area contributed by atoms with E-state index in [2.05, 4.69) is 16.6 Å². The second-order valence-corrected chi connectivity index (χ2v) is 7.70. The molecule has 1 aliphatic carbocycles. The highest BCUT2D eigenvalue weighted by atomic mass is 127. The van der Waals surface area contributed by atoms with Crippen LogP contribution < -0.4 is 15.4 Å². The van der Waals surface area contributed by atoms with E-state index < -0.39 is 0 Å². The Morgan fingerprint density at radius 2 is 1.90 bits per heavy atom. The van der Waals surface area contributed by atoms with Crippen LogP contribution in [0.25, 0.3) is 0 Å². The van der Waals surface area contributed by atoms with Crippen molar-refractivity contribution in [2.45, 2.75) is 39.0 Å². The smallest absolute Gasteiger partial charge is 0.230 e. The normalized spacial score (nSPS) is 14.9. The molecule has 0 aromatic heterocycles. The molecule has 0 bridgehead atoms. The van der Waals surface area contributed by atoms with Gasteiger partial charge in [-0.25, -0.2) is 0 Å². The first-order chi connectivity index (χ1) is 14.0. The van der Waals surface area contributed by atoms with Crippen LogP contribution in [0.5, 0.6) is 5.75 Å². The largest absolute Gasteiger partial charge is 0.481 e. The Hall–Kier alpha value is -1.95. The second-order valence-electron chi connectivity index (χ2n) is 7.70. The average Bonchev–Trinajstić information content (AvgIpc) is 3.21. The number of aliphatic imine (C=N–C) groups is 1. The van der Waals surface area contributed by atoms with E-state index in [9.17, 15) is 4.79 Å². The van der Waals surface area contributed by atoms with Crippen molar-refractivity contribution in [3.05, 3.63) is 29.8 Å². The maximum Gasteiger partial charge on any atom is 0.230 e. The van der Waals surface area contributed by atoms with E-state index in [1.165, 1.54) is 5.56 Å². The second kappa shape index (κ2) is 13.4. The van der Waals surface area contributed by atoms with Crippen LogP contribution in [-0.4, -0.2) is 57.1 Å². The summed E-state index contributed by atoms with van der Waals surface area (Å²) in [6.45, 7) is 4.39. The molecule has 2 N–H and O–H groups in total. The number of nitrogens with zero attached hydrogens (tertiary/aromatic N) is 2. The fraction of sp³-hybridized carbons (Fsp3) is 0.565. The standard InChI is InChI=1S/C23H34N4O2.HI/c1-5-17-29-20-11-9-19(10-12-20)13-16-25-22(24-6-2)26-18-23(14-7-8-15-23)21(28)27(3)4;/h1,9-12H,6-8,13-18H2,2-4H3,(H2,24,25,26);1H. The molecule has 0 atom stereocenters. The van der Waals surface area contributed by atoms with Gasteiger partial charge in [-0.3, -0.25) is 9.79 Å². The summed E-state index contributed by atoms with van der Waals surface area (Å²) in [6, 6.07) is 7.95. The summed E-state index contributed by atoms with van der Waals surface area (Å²) in [7, 11) is 3.66. The lowest BCUT2D eigenvalue weighted by molar-refractivity contribution is -0.138. The quantitative estimate of drug-likeness (QED) is 0.225. The van der Waals surface area contributed by atoms with Gasteiger partial charge in [-0.2, -0.15) is 0 Å². The minimum Gasteiger partial charge on any atom is -0.481 e. The van der Waals surface area contributed by atoms with E-state index in [1.54, 1.807) is 4.90 Å². The Labute approximate surface area is 198 Å². The Morgan fingerprint density at radius 1 is 1.23 bits per heavy atom. The molecule has 0 spiro atoms. The van der Waals surface area contributed by atoms with E-state index in [0.717, 1.165) is 56.9 Å². The Morgan fingerprint density at radius 3 is 2.47 bits per heavy atom. The first-order valence-corrected chi connectivity index (χ1v) is 10.4. The molecule has 6 nitrogen and oxygen atoms in total. The van der Waals surface area contributed by atoms with Crippen LogP contribution in [0.4, 0.5) is 0 Å². The number of guanidine groups is 1. The van der Waals surface area contributed by atoms with Crippen LogP contribution in [0, 0.1) is 17.8 Å². The number of amides is 1. The molecule has 0 heterocycles. The summed E-state index contributed by atoms with van der Waals surface area (Å²) >= 11 is 0. The highest BCUT2D eigenvalue weighted by Crippen LogP contribution is 2.39. The monoisotopic (exact) mass is 526 g/mol. The SMILES string of the molecule is C#CCOc1ccc(CCNC(=NCC2(C(=O)N(C)C)CCCC2)NCC)cc1.I. The maximum atomic E-state index is 12.7. The molecule has 2 rings (SSSR count). The maximum absolute atomic E-state index is 12.7. The van der Waals surface area contributed by atoms with Crippen LogP contribution >= 0.6 is 24.0 Å². The van der Waals surface area contributed by atoms with E-state index in [0.29, 0.717) is 6.54 Å². The van der Waals surface area contributed by atoms with Crippen LogP contribution in [-0.2, 0) is 11.2 Å². The van der Waals surface area contributed by atoms with Gasteiger partial charge in [0.2, 0.25) is 5.91 Å². The van der Waals surface area contributed by atoms with Gasteiger partial charge in [0.05, 0.1) is 12.0 Å². The van der Waals surface area contributed by atoms with Crippen molar-refractivity contribution in [1.29, 1.82) is 0 Å². The minimum atomic E-state index is -0.347. The van der Waals surface area contributed by atoms with Crippen molar-refractivity contribution < 1.29 is 9.53 Å². The molecular formula is C23H35IN4O2. The molecule has 1 fully saturated rings. The summed E-state index contributed by atoms with van der Waals surface area (Å²) in [5.74, 6) is 4.20. The molecule has 0 radical (unpaired) electrons. The molecule has 0 unspecified atom stereocenters. The molecule has 0 aliphatic heterocycles. The summed E-state index contributed by atoms with van der Waals surface area (Å²) < 4.78 is 5.40. The van der Waals surface area contributed by atoms with Gasteiger partial charge in [-0.05, 0) is 43.9 Å². The van der Waals surface area contributed by atoms with Crippen LogP contribution in [0.1, 0.15) is 38.2 Å². The number of rotatable bonds is 9. The van der Waals surface area contributed by atoms with Crippen molar-refractivity contribution in [3.63, 3.8) is 0 Å². The summed E-state index contributed by atoms with van der Waals surface area (Å²) in [4.78, 5) is 19.2. The average molecular weight is 526 g/mol. The van der Waals surface area contributed by atoms with Crippen LogP contribution in [0.15, 0.2) is 29.3 Å². The number of hydrogen-bond acceptors (Lipinski definition) is 3. The van der Waals surface area contributed by atoms with Crippen LogP contribution in [0.3, 0.4) is 0 Å². The van der Waals surface area contributed by atoms with Crippen molar-refractivity contribution in [1.82, 2.24) is 15.5 Å². The predicted molar refractivity (Wildman–Crippen MR) is 133 cm³/mol. The number of halogens is 1. The summed E-state index contributed by atoms with van der Waals surface area (Å²) in [5.41, 5.74) is 0.858. The lowest BCUT2D eigenvalue weighted by Gasteiger charge is -2.29. The number of hydrogen-bond donors (Lipinski definition) is 2. The highest BCUT2D eigenvalue weighted by Gasteiger charge is 2.42. The minimum absolute atomic E-state index is 0. The number of benzene rings is 1. The predicted octanol–water partition coefficient (Wildman–Crippen LogP) is 3.06. The molecular weight excluding hydrogens is 491 g/mol. The van der Waals surface area contributed by atoms with Gasteiger partial charge < -0.3 is 20.3 Å². The van der Waals surface area contributed by atoms with Crippen molar-refractivity contribution in [3.8, 4) is 18.1 Å². The molecule has 1 aromatic rings. The first kappa shape index (κ1) is 26.1. The van der Waals surface area contributed by atoms with E-state index in [-0.39, 0.29) is 41.9 Å². The number of carbonyl (C=O) groups is 1. The molecule has 0 saturated heterocycles. The topological polar surface area (TPSA) is 66.0 Å². The van der Waals surface area contributed by atoms with Gasteiger partial charge in [-0.1, -0.05) is 30.9 Å². The molecule has 7 heteroatoms. The molecule has 1 saturated carbocycles. The zero-order valence-corrected chi connectivity index (χ0v) is 20.7. The fourth-order valence-corrected chi connectivity index (χ4v) is 3.74. The number of ether oxygens (including phenoxy) is 1. The number of carbonyl (C=O) groups excluding carboxylic acids is 1. The van der Waals surface area contributed by atoms with E-state index in [1.807, 2.05) is 45.3 Å². The van der Waals surface area contributed by atoms with Crippen molar-refractivity contribution in [2.24, 2.45) is 10.4 Å².